The highest BCUT2D eigenvalue weighted by Crippen LogP contribution is 2.40. The van der Waals surface area contributed by atoms with Crippen molar-refractivity contribution in [3.8, 4) is 11.5 Å². The van der Waals surface area contributed by atoms with Crippen molar-refractivity contribution in [1.29, 1.82) is 0 Å². The third kappa shape index (κ3) is 5.49. The number of aliphatic imine (C=N–C) groups is 1. The highest BCUT2D eigenvalue weighted by atomic mass is 127. The van der Waals surface area contributed by atoms with Crippen molar-refractivity contribution in [3.05, 3.63) is 22.2 Å². The molecule has 1 heterocycles. The lowest BCUT2D eigenvalue weighted by atomic mass is 10.2. The number of benzene rings is 1. The van der Waals surface area contributed by atoms with Crippen LogP contribution in [0.15, 0.2) is 21.6 Å². The van der Waals surface area contributed by atoms with Gasteiger partial charge >= 0.3 is 0 Å². The number of nitrogens with one attached hydrogen (secondary N) is 2. The van der Waals surface area contributed by atoms with E-state index < -0.39 is 0 Å². The van der Waals surface area contributed by atoms with Gasteiger partial charge in [0.05, 0.1) is 11.0 Å². The molecule has 2 N–H and O–H groups in total. The Hall–Kier alpha value is -0.700. The molecule has 2 rings (SSSR count). The summed E-state index contributed by atoms with van der Waals surface area (Å²) < 4.78 is 11.7. The van der Waals surface area contributed by atoms with Crippen LogP contribution in [0.4, 0.5) is 0 Å². The lowest BCUT2D eigenvalue weighted by Crippen LogP contribution is -2.39. The molecule has 124 valence electrons. The van der Waals surface area contributed by atoms with Crippen molar-refractivity contribution in [3.63, 3.8) is 0 Å². The van der Waals surface area contributed by atoms with Crippen LogP contribution in [0.3, 0.4) is 0 Å². The molecule has 0 spiro atoms. The van der Waals surface area contributed by atoms with Crippen LogP contribution in [0.25, 0.3) is 0 Å². The molecule has 0 amide bonds. The Kier molecular flexibility index (Phi) is 8.30. The fraction of sp³-hybridized carbons (Fsp3) is 0.533. The zero-order valence-corrected chi connectivity index (χ0v) is 17.0. The standard InChI is InChI=1S/C15H22BrN3O2.HI/c1-4-17-15(18-7-10(2)3)19-8-11-5-12(16)14-13(6-11)20-9-21-14;/h5-6,10H,4,7-9H2,1-3H3,(H2,17,18,19);1H. The Labute approximate surface area is 157 Å². The third-order valence-electron chi connectivity index (χ3n) is 2.93. The normalized spacial score (nSPS) is 13.0. The minimum atomic E-state index is 0. The zero-order valence-electron chi connectivity index (χ0n) is 13.1. The van der Waals surface area contributed by atoms with Crippen LogP contribution in [0, 0.1) is 5.92 Å². The number of guanidine groups is 1. The number of nitrogens with zero attached hydrogens (tertiary/aromatic N) is 1. The molecule has 0 radical (unpaired) electrons. The summed E-state index contributed by atoms with van der Waals surface area (Å²) in [4.78, 5) is 4.60. The zero-order chi connectivity index (χ0) is 15.2. The first-order valence-electron chi connectivity index (χ1n) is 7.20. The number of halogens is 2. The predicted molar refractivity (Wildman–Crippen MR) is 103 cm³/mol. The summed E-state index contributed by atoms with van der Waals surface area (Å²) in [6, 6.07) is 3.99. The van der Waals surface area contributed by atoms with Crippen LogP contribution in [0.5, 0.6) is 11.5 Å². The van der Waals surface area contributed by atoms with Crippen LogP contribution in [-0.2, 0) is 6.54 Å². The van der Waals surface area contributed by atoms with E-state index in [0.29, 0.717) is 12.5 Å². The SMILES string of the molecule is CCNC(=NCc1cc(Br)c2c(c1)OCO2)NCC(C)C.I. The predicted octanol–water partition coefficient (Wildman–Crippen LogP) is 3.51. The largest absolute Gasteiger partial charge is 0.454 e. The summed E-state index contributed by atoms with van der Waals surface area (Å²) in [7, 11) is 0. The first-order valence-corrected chi connectivity index (χ1v) is 7.99. The molecule has 1 aromatic carbocycles. The minimum absolute atomic E-state index is 0. The van der Waals surface area contributed by atoms with Crippen molar-refractivity contribution in [2.24, 2.45) is 10.9 Å². The van der Waals surface area contributed by atoms with Gasteiger partial charge in [-0.2, -0.15) is 0 Å². The fourth-order valence-electron chi connectivity index (χ4n) is 1.92. The van der Waals surface area contributed by atoms with Crippen LogP contribution in [0.1, 0.15) is 26.3 Å². The second-order valence-corrected chi connectivity index (χ2v) is 6.14. The van der Waals surface area contributed by atoms with Gasteiger partial charge in [-0.3, -0.25) is 0 Å². The smallest absolute Gasteiger partial charge is 0.231 e. The van der Waals surface area contributed by atoms with E-state index in [9.17, 15) is 0 Å². The van der Waals surface area contributed by atoms with Crippen molar-refractivity contribution >= 4 is 45.9 Å². The van der Waals surface area contributed by atoms with Crippen molar-refractivity contribution < 1.29 is 9.47 Å². The molecule has 5 nitrogen and oxygen atoms in total. The molecular formula is C15H23BrIN3O2. The van der Waals surface area contributed by atoms with E-state index >= 15 is 0 Å². The molecule has 1 aliphatic rings. The molecule has 22 heavy (non-hydrogen) atoms. The highest BCUT2D eigenvalue weighted by Gasteiger charge is 2.17. The first kappa shape index (κ1) is 19.3. The van der Waals surface area contributed by atoms with Gasteiger partial charge in [0.1, 0.15) is 0 Å². The summed E-state index contributed by atoms with van der Waals surface area (Å²) in [5.74, 6) is 2.95. The van der Waals surface area contributed by atoms with Gasteiger partial charge in [0.25, 0.3) is 0 Å². The summed E-state index contributed by atoms with van der Waals surface area (Å²) in [6.45, 7) is 9.01. The van der Waals surface area contributed by atoms with Gasteiger partial charge < -0.3 is 20.1 Å². The van der Waals surface area contributed by atoms with Gasteiger partial charge in [0.15, 0.2) is 17.5 Å². The summed E-state index contributed by atoms with van der Waals surface area (Å²) in [6.07, 6.45) is 0. The van der Waals surface area contributed by atoms with Gasteiger partial charge in [-0.05, 0) is 46.5 Å². The maximum absolute atomic E-state index is 5.42. The maximum atomic E-state index is 5.42. The van der Waals surface area contributed by atoms with Gasteiger partial charge in [-0.1, -0.05) is 13.8 Å². The number of hydrogen-bond donors (Lipinski definition) is 2. The van der Waals surface area contributed by atoms with E-state index in [1.165, 1.54) is 0 Å². The first-order chi connectivity index (χ1) is 10.1. The average Bonchev–Trinajstić information content (AvgIpc) is 2.90. The minimum Gasteiger partial charge on any atom is -0.454 e. The molecule has 1 aliphatic heterocycles. The third-order valence-corrected chi connectivity index (χ3v) is 3.52. The summed E-state index contributed by atoms with van der Waals surface area (Å²) in [5, 5.41) is 6.57. The van der Waals surface area contributed by atoms with Crippen molar-refractivity contribution in [2.45, 2.75) is 27.3 Å². The Balaban J connectivity index is 0.00000242. The second-order valence-electron chi connectivity index (χ2n) is 5.28. The van der Waals surface area contributed by atoms with E-state index in [0.717, 1.165) is 40.6 Å². The summed E-state index contributed by atoms with van der Waals surface area (Å²) in [5.41, 5.74) is 1.08. The Morgan fingerprint density at radius 2 is 2.09 bits per heavy atom. The Bertz CT molecular complexity index is 524. The van der Waals surface area contributed by atoms with Gasteiger partial charge in [0, 0.05) is 13.1 Å². The van der Waals surface area contributed by atoms with Crippen LogP contribution in [-0.4, -0.2) is 25.8 Å². The van der Waals surface area contributed by atoms with E-state index in [-0.39, 0.29) is 30.8 Å². The van der Waals surface area contributed by atoms with Gasteiger partial charge in [-0.15, -0.1) is 24.0 Å². The molecule has 1 aromatic rings. The maximum Gasteiger partial charge on any atom is 0.231 e. The molecule has 0 unspecified atom stereocenters. The van der Waals surface area contributed by atoms with E-state index in [1.807, 2.05) is 12.1 Å². The number of rotatable bonds is 5. The number of hydrogen-bond acceptors (Lipinski definition) is 3. The molecule has 0 fully saturated rings. The van der Waals surface area contributed by atoms with Crippen LogP contribution < -0.4 is 20.1 Å². The molecule has 0 saturated heterocycles. The number of ether oxygens (including phenoxy) is 2. The topological polar surface area (TPSA) is 54.9 Å². The monoisotopic (exact) mass is 483 g/mol. The van der Waals surface area contributed by atoms with Gasteiger partial charge in [-0.25, -0.2) is 4.99 Å². The fourth-order valence-corrected chi connectivity index (χ4v) is 2.53. The van der Waals surface area contributed by atoms with E-state index in [4.69, 9.17) is 9.47 Å². The molecular weight excluding hydrogens is 461 g/mol. The lowest BCUT2D eigenvalue weighted by molar-refractivity contribution is 0.173. The van der Waals surface area contributed by atoms with Gasteiger partial charge in [0.2, 0.25) is 6.79 Å². The molecule has 0 bridgehead atoms. The lowest BCUT2D eigenvalue weighted by Gasteiger charge is -2.13. The summed E-state index contributed by atoms with van der Waals surface area (Å²) >= 11 is 3.50. The molecule has 0 saturated carbocycles. The molecule has 0 atom stereocenters. The number of fused-ring (bicyclic) bond motifs is 1. The highest BCUT2D eigenvalue weighted by molar-refractivity contribution is 14.0. The molecule has 7 heteroatoms. The van der Waals surface area contributed by atoms with E-state index in [1.54, 1.807) is 0 Å². The van der Waals surface area contributed by atoms with Crippen molar-refractivity contribution in [2.75, 3.05) is 19.9 Å². The Morgan fingerprint density at radius 3 is 2.77 bits per heavy atom. The Morgan fingerprint density at radius 1 is 1.32 bits per heavy atom. The molecule has 0 aromatic heterocycles. The van der Waals surface area contributed by atoms with Crippen molar-refractivity contribution in [1.82, 2.24) is 10.6 Å². The van der Waals surface area contributed by atoms with E-state index in [2.05, 4.69) is 52.3 Å². The van der Waals surface area contributed by atoms with Crippen LogP contribution >= 0.6 is 39.9 Å². The molecule has 0 aliphatic carbocycles. The van der Waals surface area contributed by atoms with Crippen LogP contribution in [0.2, 0.25) is 0 Å². The quantitative estimate of drug-likeness (QED) is 0.382. The second kappa shape index (κ2) is 9.44. The average molecular weight is 484 g/mol.